The summed E-state index contributed by atoms with van der Waals surface area (Å²) in [6.45, 7) is 0. The van der Waals surface area contributed by atoms with Gasteiger partial charge in [-0.15, -0.1) is 11.6 Å². The first-order valence-corrected chi connectivity index (χ1v) is 6.53. The van der Waals surface area contributed by atoms with Gasteiger partial charge < -0.3 is 0 Å². The van der Waals surface area contributed by atoms with Gasteiger partial charge in [0.15, 0.2) is 0 Å². The molecular weight excluding hydrogens is 352 g/mol. The molecule has 1 saturated heterocycles. The van der Waals surface area contributed by atoms with Crippen LogP contribution in [0.15, 0.2) is 16.6 Å². The minimum Gasteiger partial charge on any atom is -0.295 e. The second-order valence-electron chi connectivity index (χ2n) is 3.52. The van der Waals surface area contributed by atoms with E-state index in [1.165, 1.54) is 0 Å². The summed E-state index contributed by atoms with van der Waals surface area (Å²) >= 11 is 21.2. The molecule has 0 aliphatic carbocycles. The van der Waals surface area contributed by atoms with Gasteiger partial charge in [-0.1, -0.05) is 39.1 Å². The van der Waals surface area contributed by atoms with Crippen LogP contribution in [0.25, 0.3) is 0 Å². The Morgan fingerprint density at radius 2 is 1.65 bits per heavy atom. The molecule has 1 aliphatic rings. The van der Waals surface area contributed by atoms with Crippen molar-refractivity contribution in [2.75, 3.05) is 0 Å². The van der Waals surface area contributed by atoms with Crippen LogP contribution in [0, 0.1) is 0 Å². The zero-order valence-electron chi connectivity index (χ0n) is 8.14. The quantitative estimate of drug-likeness (QED) is 0.620. The number of halogens is 4. The Labute approximate surface area is 121 Å². The zero-order chi connectivity index (χ0) is 12.7. The lowest BCUT2D eigenvalue weighted by Gasteiger charge is -2.14. The van der Waals surface area contributed by atoms with Crippen LogP contribution < -0.4 is 5.32 Å². The van der Waals surface area contributed by atoms with Crippen molar-refractivity contribution in [2.24, 2.45) is 0 Å². The molecule has 1 heterocycles. The summed E-state index contributed by atoms with van der Waals surface area (Å²) in [5.41, 5.74) is 0.375. The largest absolute Gasteiger partial charge is 0.295 e. The maximum absolute atomic E-state index is 11.6. The third-order valence-corrected chi connectivity index (χ3v) is 3.96. The monoisotopic (exact) mass is 355 g/mol. The number of carbonyl (C=O) groups is 2. The number of hydrogen-bond acceptors (Lipinski definition) is 2. The number of carbonyl (C=O) groups excluding carboxylic acids is 2. The first-order valence-electron chi connectivity index (χ1n) is 4.55. The Morgan fingerprint density at radius 1 is 1.12 bits per heavy atom. The van der Waals surface area contributed by atoms with Gasteiger partial charge in [-0.3, -0.25) is 14.9 Å². The number of alkyl halides is 1. The Balaban J connectivity index is 2.54. The standard InChI is InChI=1S/C10H5BrCl3NO2/c11-3-1-4(12)6(5(13)2-3)7-8(14)10(17)15-9(7)16/h1-2,7-8H,(H,15,16,17). The molecule has 7 heteroatoms. The molecule has 1 N–H and O–H groups in total. The van der Waals surface area contributed by atoms with Crippen molar-refractivity contribution < 1.29 is 9.59 Å². The summed E-state index contributed by atoms with van der Waals surface area (Å²) in [5, 5.41) is 1.75. The first-order chi connectivity index (χ1) is 7.91. The summed E-state index contributed by atoms with van der Waals surface area (Å²) in [7, 11) is 0. The summed E-state index contributed by atoms with van der Waals surface area (Å²) in [6, 6.07) is 3.20. The smallest absolute Gasteiger partial charge is 0.245 e. The molecule has 0 aromatic heterocycles. The van der Waals surface area contributed by atoms with Gasteiger partial charge in [-0.05, 0) is 12.1 Å². The summed E-state index contributed by atoms with van der Waals surface area (Å²) in [4.78, 5) is 22.9. The van der Waals surface area contributed by atoms with Gasteiger partial charge in [0, 0.05) is 20.1 Å². The van der Waals surface area contributed by atoms with E-state index in [9.17, 15) is 9.59 Å². The molecule has 17 heavy (non-hydrogen) atoms. The molecule has 90 valence electrons. The van der Waals surface area contributed by atoms with Crippen LogP contribution in [-0.4, -0.2) is 17.2 Å². The van der Waals surface area contributed by atoms with E-state index >= 15 is 0 Å². The minimum absolute atomic E-state index is 0.296. The van der Waals surface area contributed by atoms with Crippen molar-refractivity contribution in [1.29, 1.82) is 0 Å². The van der Waals surface area contributed by atoms with Crippen molar-refractivity contribution in [3.63, 3.8) is 0 Å². The number of hydrogen-bond donors (Lipinski definition) is 1. The molecule has 1 aliphatic heterocycles. The highest BCUT2D eigenvalue weighted by atomic mass is 79.9. The van der Waals surface area contributed by atoms with Crippen molar-refractivity contribution in [3.05, 3.63) is 32.2 Å². The van der Waals surface area contributed by atoms with E-state index in [1.807, 2.05) is 0 Å². The molecule has 3 nitrogen and oxygen atoms in total. The van der Waals surface area contributed by atoms with E-state index in [2.05, 4.69) is 21.2 Å². The first kappa shape index (κ1) is 13.1. The minimum atomic E-state index is -0.987. The molecule has 2 amide bonds. The van der Waals surface area contributed by atoms with Gasteiger partial charge in [-0.2, -0.15) is 0 Å². The molecule has 0 radical (unpaired) electrons. The molecule has 0 saturated carbocycles. The average Bonchev–Trinajstić information content (AvgIpc) is 2.43. The highest BCUT2D eigenvalue weighted by molar-refractivity contribution is 9.10. The van der Waals surface area contributed by atoms with Crippen LogP contribution in [0.5, 0.6) is 0 Å². The second kappa shape index (κ2) is 4.76. The van der Waals surface area contributed by atoms with Gasteiger partial charge in [0.05, 0.1) is 5.92 Å². The van der Waals surface area contributed by atoms with E-state index in [4.69, 9.17) is 34.8 Å². The lowest BCUT2D eigenvalue weighted by atomic mass is 9.97. The normalized spacial score (nSPS) is 24.0. The highest BCUT2D eigenvalue weighted by Gasteiger charge is 2.43. The Morgan fingerprint density at radius 3 is 2.06 bits per heavy atom. The predicted octanol–water partition coefficient (Wildman–Crippen LogP) is 3.10. The highest BCUT2D eigenvalue weighted by Crippen LogP contribution is 2.39. The fraction of sp³-hybridized carbons (Fsp3) is 0.200. The summed E-state index contributed by atoms with van der Waals surface area (Å²) in [6.07, 6.45) is 0. The molecule has 1 aromatic carbocycles. The third kappa shape index (κ3) is 2.32. The van der Waals surface area contributed by atoms with Crippen LogP contribution in [0.4, 0.5) is 0 Å². The summed E-state index contributed by atoms with van der Waals surface area (Å²) < 4.78 is 0.687. The van der Waals surface area contributed by atoms with Gasteiger partial charge in [0.2, 0.25) is 11.8 Å². The number of rotatable bonds is 1. The van der Waals surface area contributed by atoms with E-state index in [0.717, 1.165) is 0 Å². The Hall–Kier alpha value is -0.290. The van der Waals surface area contributed by atoms with Crippen LogP contribution in [0.3, 0.4) is 0 Å². The second-order valence-corrected chi connectivity index (χ2v) is 5.72. The van der Waals surface area contributed by atoms with Crippen molar-refractivity contribution in [2.45, 2.75) is 11.3 Å². The van der Waals surface area contributed by atoms with Crippen LogP contribution >= 0.6 is 50.7 Å². The summed E-state index contributed by atoms with van der Waals surface area (Å²) in [5.74, 6) is -1.87. The Kier molecular flexibility index (Phi) is 3.69. The number of amides is 2. The maximum atomic E-state index is 11.6. The van der Waals surface area contributed by atoms with Crippen molar-refractivity contribution >= 4 is 62.5 Å². The zero-order valence-corrected chi connectivity index (χ0v) is 12.0. The van der Waals surface area contributed by atoms with Crippen LogP contribution in [0.1, 0.15) is 11.5 Å². The molecule has 1 fully saturated rings. The number of benzene rings is 1. The topological polar surface area (TPSA) is 46.2 Å². The van der Waals surface area contributed by atoms with E-state index < -0.39 is 23.1 Å². The third-order valence-electron chi connectivity index (χ3n) is 2.43. The molecular formula is C10H5BrCl3NO2. The van der Waals surface area contributed by atoms with Crippen molar-refractivity contribution in [1.82, 2.24) is 5.32 Å². The van der Waals surface area contributed by atoms with Crippen LogP contribution in [-0.2, 0) is 9.59 Å². The molecule has 0 spiro atoms. The van der Waals surface area contributed by atoms with Gasteiger partial charge in [0.1, 0.15) is 5.38 Å². The lowest BCUT2D eigenvalue weighted by molar-refractivity contribution is -0.125. The van der Waals surface area contributed by atoms with E-state index in [0.29, 0.717) is 20.1 Å². The van der Waals surface area contributed by atoms with E-state index in [1.54, 1.807) is 12.1 Å². The fourth-order valence-electron chi connectivity index (χ4n) is 1.68. The van der Waals surface area contributed by atoms with Gasteiger partial charge in [0.25, 0.3) is 0 Å². The molecule has 2 rings (SSSR count). The van der Waals surface area contributed by atoms with Gasteiger partial charge >= 0.3 is 0 Å². The maximum Gasteiger partial charge on any atom is 0.245 e. The molecule has 2 atom stereocenters. The van der Waals surface area contributed by atoms with Gasteiger partial charge in [-0.25, -0.2) is 0 Å². The fourth-order valence-corrected chi connectivity index (χ4v) is 3.42. The average molecular weight is 357 g/mol. The lowest BCUT2D eigenvalue weighted by Crippen LogP contribution is -2.22. The Bertz CT molecular complexity index is 497. The number of nitrogens with one attached hydrogen (secondary N) is 1. The van der Waals surface area contributed by atoms with Crippen molar-refractivity contribution in [3.8, 4) is 0 Å². The SMILES string of the molecule is O=C1NC(=O)C(c2c(Cl)cc(Br)cc2Cl)C1Cl. The molecule has 2 unspecified atom stereocenters. The number of imide groups is 1. The van der Waals surface area contributed by atoms with E-state index in [-0.39, 0.29) is 0 Å². The molecule has 0 bridgehead atoms. The van der Waals surface area contributed by atoms with Crippen LogP contribution in [0.2, 0.25) is 10.0 Å². The predicted molar refractivity (Wildman–Crippen MR) is 69.7 cm³/mol. The molecule has 1 aromatic rings.